The van der Waals surface area contributed by atoms with Crippen molar-refractivity contribution in [2.24, 2.45) is 5.92 Å². The number of rotatable bonds is 16. The van der Waals surface area contributed by atoms with Crippen LogP contribution in [0.5, 0.6) is 0 Å². The van der Waals surface area contributed by atoms with Gasteiger partial charge >= 0.3 is 11.9 Å². The molecule has 0 aliphatic rings. The third-order valence-corrected chi connectivity index (χ3v) is 10.8. The summed E-state index contributed by atoms with van der Waals surface area (Å²) < 4.78 is 43.2. The monoisotopic (exact) mass is 799 g/mol. The maximum atomic E-state index is 14.3. The van der Waals surface area contributed by atoms with Gasteiger partial charge in [0.1, 0.15) is 22.3 Å². The zero-order valence-electron chi connectivity index (χ0n) is 30.3. The summed E-state index contributed by atoms with van der Waals surface area (Å²) in [6, 6.07) is 30.7. The molecular formula is C41H44Cl3NO7S. The highest BCUT2D eigenvalue weighted by Crippen LogP contribution is 2.39. The van der Waals surface area contributed by atoms with Crippen LogP contribution in [0.25, 0.3) is 0 Å². The molecule has 282 valence electrons. The standard InChI is InChI=1S/C41H44Cl3NO7S/c1-6-28(2)51-38(46)29(17-16-24-50-53(48,49)37-34(43)26-33(42)27-35(37)44)25-36(39(47)52-40(3,4)5)45-41(30-18-10-7-11-19-30,31-20-12-8-13-21-31)32-22-14-9-15-23-32/h6-15,18-23,26-27,29,36,45H,16-17,24-25H2,1-5H3/b28-6+/t29-,36-/m0/s1. The van der Waals surface area contributed by atoms with E-state index in [-0.39, 0.29) is 40.9 Å². The Kier molecular flexibility index (Phi) is 14.7. The molecule has 12 heteroatoms. The lowest BCUT2D eigenvalue weighted by Crippen LogP contribution is -2.54. The highest BCUT2D eigenvalue weighted by Gasteiger charge is 2.42. The van der Waals surface area contributed by atoms with E-state index < -0.39 is 50.1 Å². The van der Waals surface area contributed by atoms with Crippen molar-refractivity contribution in [1.82, 2.24) is 5.32 Å². The molecule has 8 nitrogen and oxygen atoms in total. The third kappa shape index (κ3) is 11.2. The second-order valence-electron chi connectivity index (χ2n) is 13.4. The summed E-state index contributed by atoms with van der Waals surface area (Å²) in [6.45, 7) is 8.41. The normalized spacial score (nSPS) is 13.6. The molecule has 0 unspecified atom stereocenters. The maximum Gasteiger partial charge on any atom is 0.323 e. The van der Waals surface area contributed by atoms with Crippen LogP contribution >= 0.6 is 34.8 Å². The van der Waals surface area contributed by atoms with E-state index in [0.29, 0.717) is 5.76 Å². The van der Waals surface area contributed by atoms with Crippen LogP contribution in [0.15, 0.2) is 120 Å². The van der Waals surface area contributed by atoms with Gasteiger partial charge in [-0.1, -0.05) is 126 Å². The second kappa shape index (κ2) is 18.6. The number of nitrogens with one attached hydrogen (secondary N) is 1. The molecule has 0 aliphatic carbocycles. The Labute approximate surface area is 327 Å². The van der Waals surface area contributed by atoms with Crippen molar-refractivity contribution in [3.63, 3.8) is 0 Å². The van der Waals surface area contributed by atoms with Crippen molar-refractivity contribution in [3.8, 4) is 0 Å². The molecule has 0 fully saturated rings. The van der Waals surface area contributed by atoms with E-state index in [1.807, 2.05) is 91.0 Å². The van der Waals surface area contributed by atoms with Gasteiger partial charge in [0, 0.05) is 5.02 Å². The number of carbonyl (C=O) groups excluding carboxylic acids is 2. The minimum Gasteiger partial charge on any atom is -0.459 e. The van der Waals surface area contributed by atoms with Gasteiger partial charge in [0.25, 0.3) is 10.1 Å². The average Bonchev–Trinajstić information content (AvgIpc) is 3.10. The minimum atomic E-state index is -4.39. The number of hydrogen-bond acceptors (Lipinski definition) is 8. The molecule has 4 aromatic rings. The van der Waals surface area contributed by atoms with Crippen LogP contribution < -0.4 is 5.32 Å². The first-order chi connectivity index (χ1) is 25.1. The van der Waals surface area contributed by atoms with Crippen LogP contribution in [0.2, 0.25) is 15.1 Å². The maximum absolute atomic E-state index is 14.3. The van der Waals surface area contributed by atoms with E-state index in [0.717, 1.165) is 16.7 Å². The van der Waals surface area contributed by atoms with E-state index in [9.17, 15) is 18.0 Å². The first kappa shape index (κ1) is 42.0. The van der Waals surface area contributed by atoms with Gasteiger partial charge in [-0.2, -0.15) is 8.42 Å². The van der Waals surface area contributed by atoms with Crippen LogP contribution in [-0.4, -0.2) is 38.6 Å². The van der Waals surface area contributed by atoms with Crippen molar-refractivity contribution < 1.29 is 31.7 Å². The lowest BCUT2D eigenvalue weighted by molar-refractivity contribution is -0.159. The van der Waals surface area contributed by atoms with Gasteiger partial charge in [-0.15, -0.1) is 0 Å². The lowest BCUT2D eigenvalue weighted by atomic mass is 9.76. The van der Waals surface area contributed by atoms with Gasteiger partial charge in [-0.3, -0.25) is 19.1 Å². The van der Waals surface area contributed by atoms with E-state index in [1.165, 1.54) is 12.1 Å². The van der Waals surface area contributed by atoms with E-state index in [4.69, 9.17) is 48.5 Å². The fraction of sp³-hybridized carbons (Fsp3) is 0.317. The molecule has 0 saturated heterocycles. The summed E-state index contributed by atoms with van der Waals surface area (Å²) in [5.41, 5.74) is 0.636. The Bertz CT molecular complexity index is 1860. The summed E-state index contributed by atoms with van der Waals surface area (Å²) in [7, 11) is -4.39. The molecule has 0 aromatic heterocycles. The first-order valence-corrected chi connectivity index (χ1v) is 19.7. The van der Waals surface area contributed by atoms with E-state index in [1.54, 1.807) is 40.7 Å². The molecule has 0 bridgehead atoms. The summed E-state index contributed by atoms with van der Waals surface area (Å²) in [5, 5.41) is 3.48. The summed E-state index contributed by atoms with van der Waals surface area (Å²) in [6.07, 6.45) is 1.79. The Morgan fingerprint density at radius 2 is 1.26 bits per heavy atom. The number of allylic oxidation sites excluding steroid dienone is 2. The molecule has 0 radical (unpaired) electrons. The largest absolute Gasteiger partial charge is 0.459 e. The van der Waals surface area contributed by atoms with Gasteiger partial charge in [0.2, 0.25) is 0 Å². The summed E-state index contributed by atoms with van der Waals surface area (Å²) in [4.78, 5) is 27.7. The molecule has 4 rings (SSSR count). The number of esters is 2. The number of halogens is 3. The van der Waals surface area contributed by atoms with Gasteiger partial charge < -0.3 is 9.47 Å². The average molecular weight is 801 g/mol. The zero-order chi connectivity index (χ0) is 38.8. The number of hydrogen-bond donors (Lipinski definition) is 1. The molecule has 1 N–H and O–H groups in total. The second-order valence-corrected chi connectivity index (χ2v) is 16.3. The van der Waals surface area contributed by atoms with Crippen molar-refractivity contribution in [3.05, 3.63) is 147 Å². The minimum absolute atomic E-state index is 0.0550. The molecule has 0 heterocycles. The fourth-order valence-corrected chi connectivity index (χ4v) is 8.34. The molecular weight excluding hydrogens is 757 g/mol. The van der Waals surface area contributed by atoms with Gasteiger partial charge in [0.05, 0.1) is 28.1 Å². The van der Waals surface area contributed by atoms with Crippen LogP contribution in [0.1, 0.15) is 70.6 Å². The topological polar surface area (TPSA) is 108 Å². The van der Waals surface area contributed by atoms with Gasteiger partial charge in [-0.05, 0) is 88.8 Å². The Balaban J connectivity index is 1.75. The van der Waals surface area contributed by atoms with Crippen molar-refractivity contribution in [2.75, 3.05) is 6.61 Å². The molecule has 53 heavy (non-hydrogen) atoms. The molecule has 0 amide bonds. The quantitative estimate of drug-likeness (QED) is 0.0393. The predicted molar refractivity (Wildman–Crippen MR) is 209 cm³/mol. The number of benzene rings is 4. The summed E-state index contributed by atoms with van der Waals surface area (Å²) >= 11 is 18.3. The first-order valence-electron chi connectivity index (χ1n) is 17.1. The highest BCUT2D eigenvalue weighted by atomic mass is 35.5. The molecule has 0 spiro atoms. The van der Waals surface area contributed by atoms with Crippen molar-refractivity contribution >= 4 is 56.9 Å². The van der Waals surface area contributed by atoms with Crippen LogP contribution in [0.3, 0.4) is 0 Å². The molecule has 0 saturated carbocycles. The fourth-order valence-electron chi connectivity index (χ4n) is 5.91. The van der Waals surface area contributed by atoms with E-state index in [2.05, 4.69) is 5.32 Å². The number of ether oxygens (including phenoxy) is 2. The van der Waals surface area contributed by atoms with Gasteiger partial charge in [-0.25, -0.2) is 0 Å². The van der Waals surface area contributed by atoms with Crippen molar-refractivity contribution in [1.29, 1.82) is 0 Å². The zero-order valence-corrected chi connectivity index (χ0v) is 33.4. The number of carbonyl (C=O) groups is 2. The molecule has 4 aromatic carbocycles. The SMILES string of the molecule is C/C=C(\C)OC(=O)[C@@H](CCCOS(=O)(=O)c1c(Cl)cc(Cl)cc1Cl)C[C@H](NC(c1ccccc1)(c1ccccc1)c1ccccc1)C(=O)OC(C)(C)C. The van der Waals surface area contributed by atoms with Crippen LogP contribution in [-0.2, 0) is 38.9 Å². The lowest BCUT2D eigenvalue weighted by Gasteiger charge is -2.40. The Hall–Kier alpha value is -3.70. The predicted octanol–water partition coefficient (Wildman–Crippen LogP) is 9.90. The Morgan fingerprint density at radius 3 is 1.70 bits per heavy atom. The van der Waals surface area contributed by atoms with Gasteiger partial charge in [0.15, 0.2) is 0 Å². The smallest absolute Gasteiger partial charge is 0.323 e. The summed E-state index contributed by atoms with van der Waals surface area (Å²) in [5.74, 6) is -1.69. The molecule has 2 atom stereocenters. The van der Waals surface area contributed by atoms with Crippen LogP contribution in [0, 0.1) is 5.92 Å². The van der Waals surface area contributed by atoms with Crippen molar-refractivity contribution in [2.45, 2.75) is 76.0 Å². The molecule has 0 aliphatic heterocycles. The van der Waals surface area contributed by atoms with E-state index >= 15 is 0 Å². The highest BCUT2D eigenvalue weighted by molar-refractivity contribution is 7.87. The third-order valence-electron chi connectivity index (χ3n) is 8.37. The van der Waals surface area contributed by atoms with Crippen LogP contribution in [0.4, 0.5) is 0 Å². The Morgan fingerprint density at radius 1 is 0.792 bits per heavy atom.